The second kappa shape index (κ2) is 10.2. The quantitative estimate of drug-likeness (QED) is 0.598. The first-order chi connectivity index (χ1) is 10.8. The number of phenols is 2. The zero-order valence-electron chi connectivity index (χ0n) is 12.4. The molecule has 0 saturated heterocycles. The lowest BCUT2D eigenvalue weighted by Gasteiger charge is -1.98. The molecular formula is C19H24N2O2. The minimum atomic E-state index is 0. The minimum Gasteiger partial charge on any atom is -0.507 e. The first-order valence-corrected chi connectivity index (χ1v) is 7.33. The SMILES string of the molecule is C.Oc1ccccc1C=NCCCCN=Cc1ccccc1O. The topological polar surface area (TPSA) is 65.2 Å². The lowest BCUT2D eigenvalue weighted by molar-refractivity contribution is 0.474. The number of hydrogen-bond donors (Lipinski definition) is 2. The third-order valence-electron chi connectivity index (χ3n) is 3.16. The van der Waals surface area contributed by atoms with E-state index < -0.39 is 0 Å². The first kappa shape index (κ1) is 18.4. The van der Waals surface area contributed by atoms with E-state index in [0.29, 0.717) is 13.1 Å². The minimum absolute atomic E-state index is 0. The van der Waals surface area contributed by atoms with Gasteiger partial charge in [0.2, 0.25) is 0 Å². The van der Waals surface area contributed by atoms with Gasteiger partial charge in [0.05, 0.1) is 0 Å². The molecule has 0 radical (unpaired) electrons. The van der Waals surface area contributed by atoms with Crippen molar-refractivity contribution in [1.82, 2.24) is 0 Å². The standard InChI is InChI=1S/C18H20N2O2.CH4/c21-17-9-3-1-7-15(17)13-19-11-5-6-12-20-14-16-8-2-4-10-18(16)22;/h1-4,7-10,13-14,21-22H,5-6,11-12H2;1H4. The molecule has 0 unspecified atom stereocenters. The maximum absolute atomic E-state index is 9.58. The summed E-state index contributed by atoms with van der Waals surface area (Å²) in [6.45, 7) is 1.42. The van der Waals surface area contributed by atoms with Crippen LogP contribution in [0.3, 0.4) is 0 Å². The van der Waals surface area contributed by atoms with Crippen LogP contribution >= 0.6 is 0 Å². The van der Waals surface area contributed by atoms with Gasteiger partial charge >= 0.3 is 0 Å². The van der Waals surface area contributed by atoms with Crippen LogP contribution in [0.25, 0.3) is 0 Å². The smallest absolute Gasteiger partial charge is 0.124 e. The molecule has 0 aliphatic carbocycles. The normalized spacial score (nSPS) is 11.0. The van der Waals surface area contributed by atoms with Crippen molar-refractivity contribution < 1.29 is 10.2 Å². The number of aliphatic imine (C=N–C) groups is 2. The molecule has 0 fully saturated rings. The average molecular weight is 312 g/mol. The van der Waals surface area contributed by atoms with Gasteiger partial charge in [0.1, 0.15) is 11.5 Å². The molecule has 0 heterocycles. The lowest BCUT2D eigenvalue weighted by atomic mass is 10.2. The molecule has 2 rings (SSSR count). The van der Waals surface area contributed by atoms with Crippen LogP contribution in [0.4, 0.5) is 0 Å². The van der Waals surface area contributed by atoms with Crippen LogP contribution in [0, 0.1) is 0 Å². The van der Waals surface area contributed by atoms with Crippen LogP contribution in [0.1, 0.15) is 31.4 Å². The molecular weight excluding hydrogens is 288 g/mol. The Bertz CT molecular complexity index is 594. The summed E-state index contributed by atoms with van der Waals surface area (Å²) in [5.74, 6) is 0.497. The van der Waals surface area contributed by atoms with Crippen molar-refractivity contribution in [2.45, 2.75) is 20.3 Å². The molecule has 122 valence electrons. The fraction of sp³-hybridized carbons (Fsp3) is 0.263. The third-order valence-corrected chi connectivity index (χ3v) is 3.16. The van der Waals surface area contributed by atoms with Crippen LogP contribution in [0.2, 0.25) is 0 Å². The van der Waals surface area contributed by atoms with Crippen molar-refractivity contribution in [2.24, 2.45) is 9.98 Å². The van der Waals surface area contributed by atoms with Crippen molar-refractivity contribution in [2.75, 3.05) is 13.1 Å². The van der Waals surface area contributed by atoms with E-state index in [1.165, 1.54) is 0 Å². The predicted octanol–water partition coefficient (Wildman–Crippen LogP) is 4.05. The van der Waals surface area contributed by atoms with Gasteiger partial charge in [-0.2, -0.15) is 0 Å². The summed E-state index contributed by atoms with van der Waals surface area (Å²) < 4.78 is 0. The molecule has 0 amide bonds. The van der Waals surface area contributed by atoms with E-state index in [0.717, 1.165) is 24.0 Å². The highest BCUT2D eigenvalue weighted by atomic mass is 16.3. The lowest BCUT2D eigenvalue weighted by Crippen LogP contribution is -1.89. The molecule has 0 aliphatic rings. The van der Waals surface area contributed by atoms with E-state index in [1.807, 2.05) is 24.3 Å². The molecule has 2 aromatic rings. The van der Waals surface area contributed by atoms with Gasteiger partial charge in [-0.3, -0.25) is 9.98 Å². The highest BCUT2D eigenvalue weighted by Gasteiger charge is 1.95. The third kappa shape index (κ3) is 6.34. The predicted molar refractivity (Wildman–Crippen MR) is 97.1 cm³/mol. The molecule has 0 saturated carbocycles. The Labute approximate surface area is 137 Å². The van der Waals surface area contributed by atoms with Gasteiger partial charge in [0.25, 0.3) is 0 Å². The van der Waals surface area contributed by atoms with Gasteiger partial charge < -0.3 is 10.2 Å². The van der Waals surface area contributed by atoms with Crippen LogP contribution in [-0.2, 0) is 0 Å². The summed E-state index contributed by atoms with van der Waals surface area (Å²) in [6.07, 6.45) is 5.26. The van der Waals surface area contributed by atoms with E-state index in [1.54, 1.807) is 36.7 Å². The number of nitrogens with zero attached hydrogens (tertiary/aromatic N) is 2. The molecule has 0 aliphatic heterocycles. The van der Waals surface area contributed by atoms with E-state index in [9.17, 15) is 10.2 Å². The monoisotopic (exact) mass is 312 g/mol. The Kier molecular flexibility index (Phi) is 8.14. The Balaban J connectivity index is 0.00000264. The van der Waals surface area contributed by atoms with E-state index in [4.69, 9.17) is 0 Å². The van der Waals surface area contributed by atoms with E-state index in [-0.39, 0.29) is 18.9 Å². The number of rotatable bonds is 7. The number of phenolic OH excluding ortho intramolecular Hbond substituents is 2. The molecule has 4 nitrogen and oxygen atoms in total. The summed E-state index contributed by atoms with van der Waals surface area (Å²) in [6, 6.07) is 14.3. The van der Waals surface area contributed by atoms with Crippen molar-refractivity contribution in [3.8, 4) is 11.5 Å². The molecule has 2 aromatic carbocycles. The molecule has 4 heteroatoms. The number of aromatic hydroxyl groups is 2. The van der Waals surface area contributed by atoms with Crippen molar-refractivity contribution in [3.05, 3.63) is 59.7 Å². The van der Waals surface area contributed by atoms with Gasteiger partial charge in [-0.15, -0.1) is 0 Å². The van der Waals surface area contributed by atoms with Gasteiger partial charge in [0.15, 0.2) is 0 Å². The van der Waals surface area contributed by atoms with Gasteiger partial charge in [-0.05, 0) is 37.1 Å². The fourth-order valence-electron chi connectivity index (χ4n) is 1.93. The van der Waals surface area contributed by atoms with Crippen molar-refractivity contribution in [1.29, 1.82) is 0 Å². The summed E-state index contributed by atoms with van der Waals surface area (Å²) in [7, 11) is 0. The summed E-state index contributed by atoms with van der Waals surface area (Å²) in [4.78, 5) is 8.59. The zero-order chi connectivity index (χ0) is 15.6. The molecule has 0 atom stereocenters. The molecule has 23 heavy (non-hydrogen) atoms. The second-order valence-electron chi connectivity index (χ2n) is 4.90. The first-order valence-electron chi connectivity index (χ1n) is 7.33. The molecule has 2 N–H and O–H groups in total. The summed E-state index contributed by atoms with van der Waals surface area (Å²) in [5.41, 5.74) is 1.47. The van der Waals surface area contributed by atoms with Gasteiger partial charge in [-0.1, -0.05) is 31.7 Å². The Morgan fingerprint density at radius 1 is 0.696 bits per heavy atom. The molecule has 0 spiro atoms. The van der Waals surface area contributed by atoms with E-state index in [2.05, 4.69) is 9.98 Å². The number of unbranched alkanes of at least 4 members (excludes halogenated alkanes) is 1. The Morgan fingerprint density at radius 2 is 1.09 bits per heavy atom. The van der Waals surface area contributed by atoms with Crippen LogP contribution in [0.5, 0.6) is 11.5 Å². The largest absolute Gasteiger partial charge is 0.507 e. The average Bonchev–Trinajstić information content (AvgIpc) is 2.53. The van der Waals surface area contributed by atoms with Gasteiger partial charge in [0, 0.05) is 36.6 Å². The number of para-hydroxylation sites is 2. The molecule has 0 bridgehead atoms. The fourth-order valence-corrected chi connectivity index (χ4v) is 1.93. The highest BCUT2D eigenvalue weighted by Crippen LogP contribution is 2.13. The molecule has 0 aromatic heterocycles. The zero-order valence-corrected chi connectivity index (χ0v) is 12.4. The Morgan fingerprint density at radius 3 is 1.48 bits per heavy atom. The highest BCUT2D eigenvalue weighted by molar-refractivity contribution is 5.83. The maximum Gasteiger partial charge on any atom is 0.124 e. The van der Waals surface area contributed by atoms with E-state index >= 15 is 0 Å². The summed E-state index contributed by atoms with van der Waals surface area (Å²) >= 11 is 0. The summed E-state index contributed by atoms with van der Waals surface area (Å²) in [5, 5.41) is 19.2. The van der Waals surface area contributed by atoms with Crippen LogP contribution < -0.4 is 0 Å². The Hall–Kier alpha value is -2.62. The van der Waals surface area contributed by atoms with Crippen LogP contribution in [0.15, 0.2) is 58.5 Å². The van der Waals surface area contributed by atoms with Crippen LogP contribution in [-0.4, -0.2) is 35.7 Å². The number of hydrogen-bond acceptors (Lipinski definition) is 4. The van der Waals surface area contributed by atoms with Gasteiger partial charge in [-0.25, -0.2) is 0 Å². The van der Waals surface area contributed by atoms with Crippen molar-refractivity contribution >= 4 is 12.4 Å². The second-order valence-corrected chi connectivity index (χ2v) is 4.90. The van der Waals surface area contributed by atoms with Crippen molar-refractivity contribution in [3.63, 3.8) is 0 Å². The number of benzene rings is 2. The maximum atomic E-state index is 9.58.